The van der Waals surface area contributed by atoms with Crippen molar-refractivity contribution in [2.45, 2.75) is 71.0 Å². The third kappa shape index (κ3) is 3.56. The van der Waals surface area contributed by atoms with Crippen molar-refractivity contribution in [1.82, 2.24) is 20.1 Å². The SMILES string of the molecule is CCC(N)CC(=O)NC(C)c1nnc2n1CCCCC2. The number of amides is 1. The molecular weight excluding hydrogens is 254 g/mol. The lowest BCUT2D eigenvalue weighted by Crippen LogP contribution is -2.34. The molecule has 0 spiro atoms. The van der Waals surface area contributed by atoms with Gasteiger partial charge < -0.3 is 15.6 Å². The van der Waals surface area contributed by atoms with Crippen molar-refractivity contribution < 1.29 is 4.79 Å². The van der Waals surface area contributed by atoms with Crippen molar-refractivity contribution in [2.75, 3.05) is 0 Å². The van der Waals surface area contributed by atoms with E-state index in [-0.39, 0.29) is 18.0 Å². The van der Waals surface area contributed by atoms with Gasteiger partial charge in [-0.25, -0.2) is 0 Å². The van der Waals surface area contributed by atoms with Crippen LogP contribution in [0.2, 0.25) is 0 Å². The lowest BCUT2D eigenvalue weighted by molar-refractivity contribution is -0.122. The van der Waals surface area contributed by atoms with Crippen molar-refractivity contribution in [1.29, 1.82) is 0 Å². The van der Waals surface area contributed by atoms with Gasteiger partial charge >= 0.3 is 0 Å². The zero-order chi connectivity index (χ0) is 14.5. The molecule has 20 heavy (non-hydrogen) atoms. The minimum absolute atomic E-state index is 0.0159. The smallest absolute Gasteiger partial charge is 0.222 e. The summed E-state index contributed by atoms with van der Waals surface area (Å²) in [7, 11) is 0. The molecule has 1 amide bonds. The van der Waals surface area contributed by atoms with E-state index in [1.54, 1.807) is 0 Å². The fourth-order valence-electron chi connectivity index (χ4n) is 2.58. The molecule has 1 aliphatic heterocycles. The van der Waals surface area contributed by atoms with Crippen LogP contribution in [-0.2, 0) is 17.8 Å². The number of carbonyl (C=O) groups excluding carboxylic acids is 1. The van der Waals surface area contributed by atoms with Gasteiger partial charge in [0, 0.05) is 25.4 Å². The predicted octanol–water partition coefficient (Wildman–Crippen LogP) is 1.31. The van der Waals surface area contributed by atoms with E-state index in [4.69, 9.17) is 5.73 Å². The number of aryl methyl sites for hydroxylation is 1. The van der Waals surface area contributed by atoms with Crippen LogP contribution < -0.4 is 11.1 Å². The Kier molecular flexibility index (Phi) is 5.11. The summed E-state index contributed by atoms with van der Waals surface area (Å²) in [5.41, 5.74) is 5.81. The monoisotopic (exact) mass is 279 g/mol. The van der Waals surface area contributed by atoms with E-state index < -0.39 is 0 Å². The van der Waals surface area contributed by atoms with E-state index >= 15 is 0 Å². The summed E-state index contributed by atoms with van der Waals surface area (Å²) in [6, 6.07) is -0.191. The summed E-state index contributed by atoms with van der Waals surface area (Å²) in [5.74, 6) is 1.89. The maximum Gasteiger partial charge on any atom is 0.222 e. The van der Waals surface area contributed by atoms with Gasteiger partial charge in [0.05, 0.1) is 6.04 Å². The summed E-state index contributed by atoms with van der Waals surface area (Å²) in [4.78, 5) is 11.9. The average Bonchev–Trinajstić information content (AvgIpc) is 2.67. The van der Waals surface area contributed by atoms with E-state index in [9.17, 15) is 4.79 Å². The molecule has 2 atom stereocenters. The van der Waals surface area contributed by atoms with Gasteiger partial charge in [-0.3, -0.25) is 4.79 Å². The quantitative estimate of drug-likeness (QED) is 0.851. The van der Waals surface area contributed by atoms with Gasteiger partial charge in [-0.15, -0.1) is 10.2 Å². The third-order valence-electron chi connectivity index (χ3n) is 3.87. The fraction of sp³-hybridized carbons (Fsp3) is 0.786. The molecule has 112 valence electrons. The number of aromatic nitrogens is 3. The minimum Gasteiger partial charge on any atom is -0.346 e. The molecule has 6 nitrogen and oxygen atoms in total. The lowest BCUT2D eigenvalue weighted by atomic mass is 10.1. The van der Waals surface area contributed by atoms with Crippen LogP contribution in [-0.4, -0.2) is 26.7 Å². The van der Waals surface area contributed by atoms with Crippen molar-refractivity contribution >= 4 is 5.91 Å². The molecule has 2 unspecified atom stereocenters. The van der Waals surface area contributed by atoms with Crippen LogP contribution in [0.5, 0.6) is 0 Å². The van der Waals surface area contributed by atoms with Crippen molar-refractivity contribution in [2.24, 2.45) is 5.73 Å². The highest BCUT2D eigenvalue weighted by Crippen LogP contribution is 2.18. The van der Waals surface area contributed by atoms with Gasteiger partial charge in [-0.1, -0.05) is 13.3 Å². The molecule has 2 heterocycles. The highest BCUT2D eigenvalue weighted by molar-refractivity contribution is 5.76. The molecule has 0 fully saturated rings. The Morgan fingerprint density at radius 3 is 2.95 bits per heavy atom. The molecule has 0 saturated carbocycles. The number of hydrogen-bond donors (Lipinski definition) is 2. The number of rotatable bonds is 5. The molecule has 0 saturated heterocycles. The van der Waals surface area contributed by atoms with E-state index in [1.165, 1.54) is 12.8 Å². The van der Waals surface area contributed by atoms with Crippen LogP contribution in [0.15, 0.2) is 0 Å². The fourth-order valence-corrected chi connectivity index (χ4v) is 2.58. The highest BCUT2D eigenvalue weighted by Gasteiger charge is 2.20. The maximum absolute atomic E-state index is 11.9. The Hall–Kier alpha value is -1.43. The first-order chi connectivity index (χ1) is 9.61. The molecule has 0 radical (unpaired) electrons. The minimum atomic E-state index is -0.120. The van der Waals surface area contributed by atoms with Gasteiger partial charge in [0.25, 0.3) is 0 Å². The van der Waals surface area contributed by atoms with Crippen molar-refractivity contribution in [3.8, 4) is 0 Å². The van der Waals surface area contributed by atoms with Gasteiger partial charge in [0.1, 0.15) is 5.82 Å². The normalized spacial score (nSPS) is 17.9. The molecule has 1 aromatic heterocycles. The summed E-state index contributed by atoms with van der Waals surface area (Å²) in [6.07, 6.45) is 5.71. The summed E-state index contributed by atoms with van der Waals surface area (Å²) < 4.78 is 2.16. The Morgan fingerprint density at radius 1 is 1.40 bits per heavy atom. The topological polar surface area (TPSA) is 85.8 Å². The summed E-state index contributed by atoms with van der Waals surface area (Å²) >= 11 is 0. The zero-order valence-electron chi connectivity index (χ0n) is 12.4. The average molecular weight is 279 g/mol. The largest absolute Gasteiger partial charge is 0.346 e. The van der Waals surface area contributed by atoms with Crippen LogP contribution in [0.3, 0.4) is 0 Å². The second-order valence-corrected chi connectivity index (χ2v) is 5.60. The molecule has 0 aromatic carbocycles. The number of nitrogens with zero attached hydrogens (tertiary/aromatic N) is 3. The Morgan fingerprint density at radius 2 is 2.20 bits per heavy atom. The highest BCUT2D eigenvalue weighted by atomic mass is 16.1. The summed E-state index contributed by atoms with van der Waals surface area (Å²) in [5, 5.41) is 11.5. The molecule has 2 rings (SSSR count). The van der Waals surface area contributed by atoms with E-state index in [0.717, 1.165) is 37.5 Å². The maximum atomic E-state index is 11.9. The van der Waals surface area contributed by atoms with Crippen molar-refractivity contribution in [3.63, 3.8) is 0 Å². The predicted molar refractivity (Wildman–Crippen MR) is 77.0 cm³/mol. The third-order valence-corrected chi connectivity index (χ3v) is 3.87. The lowest BCUT2D eigenvalue weighted by Gasteiger charge is -2.16. The number of nitrogens with two attached hydrogens (primary N) is 1. The second kappa shape index (κ2) is 6.83. The Bertz CT molecular complexity index is 456. The van der Waals surface area contributed by atoms with Crippen LogP contribution in [0, 0.1) is 0 Å². The standard InChI is InChI=1S/C14H25N5O/c1-3-11(15)9-13(20)16-10(2)14-18-17-12-7-5-4-6-8-19(12)14/h10-11H,3-9,15H2,1-2H3,(H,16,20). The summed E-state index contributed by atoms with van der Waals surface area (Å²) in [6.45, 7) is 4.89. The molecule has 1 aliphatic rings. The Labute approximate surface area is 120 Å². The molecule has 1 aromatic rings. The van der Waals surface area contributed by atoms with Crippen molar-refractivity contribution in [3.05, 3.63) is 11.6 Å². The van der Waals surface area contributed by atoms with Crippen LogP contribution in [0.1, 0.15) is 63.6 Å². The molecule has 6 heteroatoms. The van der Waals surface area contributed by atoms with Gasteiger partial charge in [0.2, 0.25) is 5.91 Å². The number of hydrogen-bond acceptors (Lipinski definition) is 4. The van der Waals surface area contributed by atoms with Crippen LogP contribution in [0.4, 0.5) is 0 Å². The van der Waals surface area contributed by atoms with Crippen LogP contribution >= 0.6 is 0 Å². The zero-order valence-corrected chi connectivity index (χ0v) is 12.4. The first kappa shape index (κ1) is 15.0. The molecule has 3 N–H and O–H groups in total. The number of carbonyl (C=O) groups is 1. The van der Waals surface area contributed by atoms with Gasteiger partial charge in [0.15, 0.2) is 5.82 Å². The molecule has 0 bridgehead atoms. The molecular formula is C14H25N5O. The number of fused-ring (bicyclic) bond motifs is 1. The van der Waals surface area contributed by atoms with Gasteiger partial charge in [-0.05, 0) is 26.2 Å². The first-order valence-corrected chi connectivity index (χ1v) is 7.58. The second-order valence-electron chi connectivity index (χ2n) is 5.60. The number of nitrogens with one attached hydrogen (secondary N) is 1. The Balaban J connectivity index is 2.00. The van der Waals surface area contributed by atoms with E-state index in [0.29, 0.717) is 6.42 Å². The first-order valence-electron chi connectivity index (χ1n) is 7.58. The van der Waals surface area contributed by atoms with E-state index in [1.807, 2.05) is 13.8 Å². The molecule has 0 aliphatic carbocycles. The van der Waals surface area contributed by atoms with Gasteiger partial charge in [-0.2, -0.15) is 0 Å². The van der Waals surface area contributed by atoms with E-state index in [2.05, 4.69) is 20.1 Å². The van der Waals surface area contributed by atoms with Crippen LogP contribution in [0.25, 0.3) is 0 Å².